The lowest BCUT2D eigenvalue weighted by molar-refractivity contribution is 0.251. The van der Waals surface area contributed by atoms with Crippen LogP contribution in [-0.4, -0.2) is 18.1 Å². The number of aromatic nitrogens is 1. The Labute approximate surface area is 115 Å². The maximum absolute atomic E-state index is 11.8. The number of H-pyrrole nitrogens is 1. The number of hydrogen-bond acceptors (Lipinski definition) is 3. The number of amides is 2. The van der Waals surface area contributed by atoms with Crippen molar-refractivity contribution >= 4 is 11.7 Å². The van der Waals surface area contributed by atoms with Crippen molar-refractivity contribution in [1.82, 2.24) is 10.3 Å². The van der Waals surface area contributed by atoms with E-state index in [0.29, 0.717) is 17.1 Å². The van der Waals surface area contributed by atoms with Crippen LogP contribution in [0.2, 0.25) is 0 Å². The van der Waals surface area contributed by atoms with E-state index in [2.05, 4.69) is 15.6 Å². The third-order valence-electron chi connectivity index (χ3n) is 2.62. The maximum Gasteiger partial charge on any atom is 0.319 e. The molecule has 0 spiro atoms. The first-order chi connectivity index (χ1) is 9.69. The van der Waals surface area contributed by atoms with Crippen LogP contribution in [0.1, 0.15) is 5.69 Å². The highest BCUT2D eigenvalue weighted by atomic mass is 16.5. The van der Waals surface area contributed by atoms with Crippen LogP contribution < -0.4 is 20.9 Å². The van der Waals surface area contributed by atoms with Gasteiger partial charge in [0, 0.05) is 11.8 Å². The van der Waals surface area contributed by atoms with Crippen LogP contribution in [0.4, 0.5) is 10.5 Å². The van der Waals surface area contributed by atoms with Gasteiger partial charge in [-0.3, -0.25) is 4.79 Å². The summed E-state index contributed by atoms with van der Waals surface area (Å²) in [6, 6.07) is 11.5. The third kappa shape index (κ3) is 3.61. The summed E-state index contributed by atoms with van der Waals surface area (Å²) in [5.41, 5.74) is 1.01. The number of anilines is 1. The molecule has 2 rings (SSSR count). The summed E-state index contributed by atoms with van der Waals surface area (Å²) in [6.45, 7) is 0.233. The average Bonchev–Trinajstić information content (AvgIpc) is 2.46. The van der Waals surface area contributed by atoms with Crippen LogP contribution in [0.15, 0.2) is 47.3 Å². The Morgan fingerprint density at radius 2 is 2.00 bits per heavy atom. The molecule has 0 aliphatic rings. The van der Waals surface area contributed by atoms with Gasteiger partial charge in [0.2, 0.25) is 5.56 Å². The van der Waals surface area contributed by atoms with Crippen LogP contribution in [0, 0.1) is 0 Å². The highest BCUT2D eigenvalue weighted by molar-refractivity contribution is 5.90. The average molecular weight is 273 g/mol. The number of para-hydroxylation sites is 2. The molecule has 6 heteroatoms. The molecule has 1 heterocycles. The molecule has 0 aliphatic carbocycles. The van der Waals surface area contributed by atoms with E-state index in [1.54, 1.807) is 30.3 Å². The van der Waals surface area contributed by atoms with Gasteiger partial charge in [-0.15, -0.1) is 0 Å². The molecule has 0 saturated heterocycles. The Kier molecular flexibility index (Phi) is 4.39. The van der Waals surface area contributed by atoms with Crippen LogP contribution in [0.3, 0.4) is 0 Å². The highest BCUT2D eigenvalue weighted by Gasteiger charge is 2.06. The Morgan fingerprint density at radius 3 is 2.75 bits per heavy atom. The number of benzene rings is 1. The zero-order valence-corrected chi connectivity index (χ0v) is 11.0. The Bertz CT molecular complexity index is 652. The second kappa shape index (κ2) is 6.42. The maximum atomic E-state index is 11.8. The molecule has 0 unspecified atom stereocenters. The normalized spacial score (nSPS) is 9.85. The molecule has 0 fully saturated rings. The van der Waals surface area contributed by atoms with Gasteiger partial charge >= 0.3 is 6.03 Å². The summed E-state index contributed by atoms with van der Waals surface area (Å²) in [5, 5.41) is 5.33. The minimum Gasteiger partial charge on any atom is -0.495 e. The van der Waals surface area contributed by atoms with Crippen molar-refractivity contribution in [3.05, 3.63) is 58.5 Å². The van der Waals surface area contributed by atoms with Crippen molar-refractivity contribution in [2.24, 2.45) is 0 Å². The predicted molar refractivity (Wildman–Crippen MR) is 75.9 cm³/mol. The van der Waals surface area contributed by atoms with Gasteiger partial charge in [-0.1, -0.05) is 18.2 Å². The van der Waals surface area contributed by atoms with E-state index in [9.17, 15) is 9.59 Å². The SMILES string of the molecule is COc1ccccc1NC(=O)NCc1cccc(=O)[nH]1. The monoisotopic (exact) mass is 273 g/mol. The molecule has 0 saturated carbocycles. The smallest absolute Gasteiger partial charge is 0.319 e. The summed E-state index contributed by atoms with van der Waals surface area (Å²) < 4.78 is 5.13. The molecule has 3 N–H and O–H groups in total. The quantitative estimate of drug-likeness (QED) is 0.793. The number of carbonyl (C=O) groups is 1. The molecule has 2 amide bonds. The van der Waals surface area contributed by atoms with Gasteiger partial charge in [0.15, 0.2) is 0 Å². The fraction of sp³-hybridized carbons (Fsp3) is 0.143. The minimum absolute atomic E-state index is 0.200. The lowest BCUT2D eigenvalue weighted by atomic mass is 10.3. The number of ether oxygens (including phenoxy) is 1. The number of nitrogens with one attached hydrogen (secondary N) is 3. The largest absolute Gasteiger partial charge is 0.495 e. The number of carbonyl (C=O) groups excluding carboxylic acids is 1. The molecule has 20 heavy (non-hydrogen) atoms. The van der Waals surface area contributed by atoms with Gasteiger partial charge in [0.25, 0.3) is 0 Å². The molecule has 1 aromatic heterocycles. The van der Waals surface area contributed by atoms with Gasteiger partial charge in [-0.05, 0) is 18.2 Å². The number of methoxy groups -OCH3 is 1. The zero-order chi connectivity index (χ0) is 14.4. The zero-order valence-electron chi connectivity index (χ0n) is 11.0. The second-order valence-corrected chi connectivity index (χ2v) is 4.05. The summed E-state index contributed by atoms with van der Waals surface area (Å²) in [5.74, 6) is 0.579. The first kappa shape index (κ1) is 13.7. The summed E-state index contributed by atoms with van der Waals surface area (Å²) in [6.07, 6.45) is 0. The summed E-state index contributed by atoms with van der Waals surface area (Å²) in [4.78, 5) is 25.5. The van der Waals surface area contributed by atoms with Gasteiger partial charge in [-0.25, -0.2) is 4.79 Å². The third-order valence-corrected chi connectivity index (χ3v) is 2.62. The highest BCUT2D eigenvalue weighted by Crippen LogP contribution is 2.22. The van der Waals surface area contributed by atoms with E-state index in [1.807, 2.05) is 6.07 Å². The van der Waals surface area contributed by atoms with Gasteiger partial charge in [0.05, 0.1) is 19.3 Å². The van der Waals surface area contributed by atoms with Crippen LogP contribution in [0.5, 0.6) is 5.75 Å². The van der Waals surface area contributed by atoms with Crippen molar-refractivity contribution in [2.75, 3.05) is 12.4 Å². The Balaban J connectivity index is 1.94. The number of rotatable bonds is 4. The number of urea groups is 1. The topological polar surface area (TPSA) is 83.2 Å². The van der Waals surface area contributed by atoms with E-state index in [-0.39, 0.29) is 18.1 Å². The fourth-order valence-corrected chi connectivity index (χ4v) is 1.69. The fourth-order valence-electron chi connectivity index (χ4n) is 1.69. The molecule has 104 valence electrons. The Hall–Kier alpha value is -2.76. The van der Waals surface area contributed by atoms with E-state index in [1.165, 1.54) is 13.2 Å². The summed E-state index contributed by atoms with van der Waals surface area (Å²) >= 11 is 0. The lowest BCUT2D eigenvalue weighted by Crippen LogP contribution is -2.29. The number of aromatic amines is 1. The van der Waals surface area contributed by atoms with Crippen LogP contribution >= 0.6 is 0 Å². The minimum atomic E-state index is -0.376. The van der Waals surface area contributed by atoms with E-state index < -0.39 is 0 Å². The second-order valence-electron chi connectivity index (χ2n) is 4.05. The van der Waals surface area contributed by atoms with Crippen molar-refractivity contribution in [1.29, 1.82) is 0 Å². The van der Waals surface area contributed by atoms with Crippen LogP contribution in [0.25, 0.3) is 0 Å². The van der Waals surface area contributed by atoms with Gasteiger partial charge in [-0.2, -0.15) is 0 Å². The van der Waals surface area contributed by atoms with Crippen molar-refractivity contribution in [3.63, 3.8) is 0 Å². The van der Waals surface area contributed by atoms with E-state index in [4.69, 9.17) is 4.74 Å². The number of pyridine rings is 1. The molecule has 1 aromatic carbocycles. The molecule has 0 atom stereocenters. The van der Waals surface area contributed by atoms with Crippen molar-refractivity contribution in [3.8, 4) is 5.75 Å². The molecule has 2 aromatic rings. The molecule has 0 radical (unpaired) electrons. The summed E-state index contributed by atoms with van der Waals surface area (Å²) in [7, 11) is 1.53. The van der Waals surface area contributed by atoms with E-state index in [0.717, 1.165) is 0 Å². The standard InChI is InChI=1S/C14H15N3O3/c1-20-12-7-3-2-6-11(12)17-14(19)15-9-10-5-4-8-13(18)16-10/h2-8H,9H2,1H3,(H,16,18)(H2,15,17,19). The lowest BCUT2D eigenvalue weighted by Gasteiger charge is -2.10. The Morgan fingerprint density at radius 1 is 1.20 bits per heavy atom. The predicted octanol–water partition coefficient (Wildman–Crippen LogP) is 1.71. The first-order valence-electron chi connectivity index (χ1n) is 6.05. The van der Waals surface area contributed by atoms with Gasteiger partial charge in [0.1, 0.15) is 5.75 Å². The molecule has 0 bridgehead atoms. The molecular formula is C14H15N3O3. The first-order valence-corrected chi connectivity index (χ1v) is 6.05. The number of hydrogen-bond donors (Lipinski definition) is 3. The van der Waals surface area contributed by atoms with Crippen LogP contribution in [-0.2, 0) is 6.54 Å². The van der Waals surface area contributed by atoms with Gasteiger partial charge < -0.3 is 20.4 Å². The molecule has 6 nitrogen and oxygen atoms in total. The molecular weight excluding hydrogens is 258 g/mol. The van der Waals surface area contributed by atoms with Crippen molar-refractivity contribution in [2.45, 2.75) is 6.54 Å². The van der Waals surface area contributed by atoms with E-state index >= 15 is 0 Å². The van der Waals surface area contributed by atoms with Crippen molar-refractivity contribution < 1.29 is 9.53 Å². The molecule has 0 aliphatic heterocycles.